The maximum absolute atomic E-state index is 12.1. The molecule has 1 aromatic rings. The number of benzene rings is 1. The quantitative estimate of drug-likeness (QED) is 0.615. The van der Waals surface area contributed by atoms with Crippen molar-refractivity contribution < 1.29 is 4.79 Å². The minimum absolute atomic E-state index is 0.0368. The summed E-state index contributed by atoms with van der Waals surface area (Å²) >= 11 is 0. The Kier molecular flexibility index (Phi) is 4.73. The van der Waals surface area contributed by atoms with E-state index in [1.54, 1.807) is 12.1 Å². The molecule has 0 saturated carbocycles. The van der Waals surface area contributed by atoms with Gasteiger partial charge in [-0.3, -0.25) is 4.79 Å². The van der Waals surface area contributed by atoms with Crippen LogP contribution >= 0.6 is 0 Å². The summed E-state index contributed by atoms with van der Waals surface area (Å²) in [5.41, 5.74) is 6.64. The Labute approximate surface area is 108 Å². The van der Waals surface area contributed by atoms with Gasteiger partial charge < -0.3 is 11.1 Å². The van der Waals surface area contributed by atoms with E-state index in [4.69, 9.17) is 11.0 Å². The molecule has 0 aromatic heterocycles. The van der Waals surface area contributed by atoms with Gasteiger partial charge in [0.05, 0.1) is 11.5 Å². The van der Waals surface area contributed by atoms with Gasteiger partial charge in [-0.1, -0.05) is 12.1 Å². The van der Waals surface area contributed by atoms with Crippen molar-refractivity contribution in [1.29, 1.82) is 5.26 Å². The molecule has 4 nitrogen and oxygen atoms in total. The number of amides is 1. The standard InChI is InChI=1S/C14H19N3O/c1-14(2,11-5-7-12(16)8-6-11)13(18)17-10-4-3-9-15/h5-8H,3-4,10,16H2,1-2H3,(H,17,18). The molecule has 0 fully saturated rings. The second-order valence-electron chi connectivity index (χ2n) is 4.76. The van der Waals surface area contributed by atoms with Crippen LogP contribution in [0.3, 0.4) is 0 Å². The van der Waals surface area contributed by atoms with Crippen molar-refractivity contribution in [3.63, 3.8) is 0 Å². The highest BCUT2D eigenvalue weighted by Gasteiger charge is 2.29. The molecular formula is C14H19N3O. The summed E-state index contributed by atoms with van der Waals surface area (Å²) in [6.07, 6.45) is 1.14. The van der Waals surface area contributed by atoms with Crippen LogP contribution in [0.5, 0.6) is 0 Å². The molecule has 0 spiro atoms. The molecule has 0 bridgehead atoms. The zero-order valence-electron chi connectivity index (χ0n) is 10.9. The molecule has 1 amide bonds. The number of hydrogen-bond acceptors (Lipinski definition) is 3. The first kappa shape index (κ1) is 14.0. The molecule has 0 radical (unpaired) electrons. The monoisotopic (exact) mass is 245 g/mol. The Morgan fingerprint density at radius 3 is 2.56 bits per heavy atom. The number of hydrogen-bond donors (Lipinski definition) is 2. The minimum atomic E-state index is -0.597. The SMILES string of the molecule is CC(C)(C(=O)NCCCC#N)c1ccc(N)cc1. The molecular weight excluding hydrogens is 226 g/mol. The third-order valence-electron chi connectivity index (χ3n) is 2.95. The van der Waals surface area contributed by atoms with Crippen LogP contribution in [0.25, 0.3) is 0 Å². The van der Waals surface area contributed by atoms with Crippen molar-refractivity contribution in [1.82, 2.24) is 5.32 Å². The number of nitriles is 1. The van der Waals surface area contributed by atoms with Crippen LogP contribution in [-0.2, 0) is 10.2 Å². The Morgan fingerprint density at radius 1 is 1.39 bits per heavy atom. The first-order valence-electron chi connectivity index (χ1n) is 5.99. The van der Waals surface area contributed by atoms with E-state index in [9.17, 15) is 4.79 Å². The number of carbonyl (C=O) groups excluding carboxylic acids is 1. The van der Waals surface area contributed by atoms with Crippen LogP contribution in [0.4, 0.5) is 5.69 Å². The number of nitrogen functional groups attached to an aromatic ring is 1. The van der Waals surface area contributed by atoms with E-state index >= 15 is 0 Å². The van der Waals surface area contributed by atoms with Crippen LogP contribution in [0.15, 0.2) is 24.3 Å². The Bertz CT molecular complexity index is 443. The number of nitrogens with two attached hydrogens (primary N) is 1. The van der Waals surface area contributed by atoms with Gasteiger partial charge in [-0.05, 0) is 38.0 Å². The van der Waals surface area contributed by atoms with E-state index in [2.05, 4.69) is 11.4 Å². The lowest BCUT2D eigenvalue weighted by Gasteiger charge is -2.24. The van der Waals surface area contributed by atoms with E-state index in [1.807, 2.05) is 26.0 Å². The van der Waals surface area contributed by atoms with Gasteiger partial charge in [0, 0.05) is 18.7 Å². The highest BCUT2D eigenvalue weighted by atomic mass is 16.2. The topological polar surface area (TPSA) is 78.9 Å². The molecule has 4 heteroatoms. The second-order valence-corrected chi connectivity index (χ2v) is 4.76. The van der Waals surface area contributed by atoms with E-state index < -0.39 is 5.41 Å². The molecule has 96 valence electrons. The van der Waals surface area contributed by atoms with Gasteiger partial charge >= 0.3 is 0 Å². The Hall–Kier alpha value is -2.02. The number of nitrogens with one attached hydrogen (secondary N) is 1. The summed E-state index contributed by atoms with van der Waals surface area (Å²) in [5.74, 6) is -0.0368. The number of unbranched alkanes of at least 4 members (excludes halogenated alkanes) is 1. The molecule has 0 aliphatic rings. The van der Waals surface area contributed by atoms with E-state index in [0.717, 1.165) is 5.56 Å². The fraction of sp³-hybridized carbons (Fsp3) is 0.429. The van der Waals surface area contributed by atoms with Crippen LogP contribution < -0.4 is 11.1 Å². The van der Waals surface area contributed by atoms with Crippen LogP contribution in [0.1, 0.15) is 32.3 Å². The second kappa shape index (κ2) is 6.06. The van der Waals surface area contributed by atoms with Crippen molar-refractivity contribution in [2.75, 3.05) is 12.3 Å². The van der Waals surface area contributed by atoms with Crippen molar-refractivity contribution in [3.8, 4) is 6.07 Å². The van der Waals surface area contributed by atoms with Crippen molar-refractivity contribution in [2.24, 2.45) is 0 Å². The average Bonchev–Trinajstić information content (AvgIpc) is 2.35. The average molecular weight is 245 g/mol. The largest absolute Gasteiger partial charge is 0.399 e. The Balaban J connectivity index is 2.65. The van der Waals surface area contributed by atoms with E-state index in [-0.39, 0.29) is 5.91 Å². The first-order valence-corrected chi connectivity index (χ1v) is 5.99. The predicted molar refractivity (Wildman–Crippen MR) is 71.7 cm³/mol. The third-order valence-corrected chi connectivity index (χ3v) is 2.95. The lowest BCUT2D eigenvalue weighted by atomic mass is 9.83. The van der Waals surface area contributed by atoms with Gasteiger partial charge in [0.2, 0.25) is 5.91 Å². The zero-order chi connectivity index (χ0) is 13.6. The van der Waals surface area contributed by atoms with Gasteiger partial charge in [0.1, 0.15) is 0 Å². The van der Waals surface area contributed by atoms with Gasteiger partial charge in [-0.15, -0.1) is 0 Å². The summed E-state index contributed by atoms with van der Waals surface area (Å²) in [6, 6.07) is 9.37. The smallest absolute Gasteiger partial charge is 0.230 e. The summed E-state index contributed by atoms with van der Waals surface area (Å²) < 4.78 is 0. The van der Waals surface area contributed by atoms with E-state index in [1.165, 1.54) is 0 Å². The summed E-state index contributed by atoms with van der Waals surface area (Å²) in [5, 5.41) is 11.3. The van der Waals surface area contributed by atoms with Crippen molar-refractivity contribution in [2.45, 2.75) is 32.1 Å². The van der Waals surface area contributed by atoms with Crippen LogP contribution in [0, 0.1) is 11.3 Å². The summed E-state index contributed by atoms with van der Waals surface area (Å²) in [7, 11) is 0. The highest BCUT2D eigenvalue weighted by Crippen LogP contribution is 2.24. The fourth-order valence-corrected chi connectivity index (χ4v) is 1.62. The maximum Gasteiger partial charge on any atom is 0.230 e. The fourth-order valence-electron chi connectivity index (χ4n) is 1.62. The van der Waals surface area contributed by atoms with Gasteiger partial charge in [0.25, 0.3) is 0 Å². The molecule has 0 saturated heterocycles. The number of nitrogens with zero attached hydrogens (tertiary/aromatic N) is 1. The molecule has 1 aromatic carbocycles. The molecule has 0 heterocycles. The van der Waals surface area contributed by atoms with Gasteiger partial charge in [-0.25, -0.2) is 0 Å². The molecule has 0 aliphatic heterocycles. The lowest BCUT2D eigenvalue weighted by molar-refractivity contribution is -0.125. The normalized spacial score (nSPS) is 10.7. The van der Waals surface area contributed by atoms with Gasteiger partial charge in [-0.2, -0.15) is 5.26 Å². The van der Waals surface area contributed by atoms with E-state index in [0.29, 0.717) is 25.1 Å². The highest BCUT2D eigenvalue weighted by molar-refractivity contribution is 5.87. The number of anilines is 1. The number of carbonyl (C=O) groups is 1. The molecule has 3 N–H and O–H groups in total. The van der Waals surface area contributed by atoms with Crippen LogP contribution in [0.2, 0.25) is 0 Å². The van der Waals surface area contributed by atoms with Crippen LogP contribution in [-0.4, -0.2) is 12.5 Å². The predicted octanol–water partition coefficient (Wildman–Crippen LogP) is 1.97. The zero-order valence-corrected chi connectivity index (χ0v) is 10.9. The third kappa shape index (κ3) is 3.49. The maximum atomic E-state index is 12.1. The molecule has 0 atom stereocenters. The summed E-state index contributed by atoms with van der Waals surface area (Å²) in [4.78, 5) is 12.1. The summed E-state index contributed by atoms with van der Waals surface area (Å²) in [6.45, 7) is 4.28. The molecule has 0 aliphatic carbocycles. The van der Waals surface area contributed by atoms with Gasteiger partial charge in [0.15, 0.2) is 0 Å². The minimum Gasteiger partial charge on any atom is -0.399 e. The number of rotatable bonds is 5. The van der Waals surface area contributed by atoms with Crippen molar-refractivity contribution >= 4 is 11.6 Å². The molecule has 0 unspecified atom stereocenters. The Morgan fingerprint density at radius 2 is 2.00 bits per heavy atom. The molecule has 1 rings (SSSR count). The first-order chi connectivity index (χ1) is 8.48. The van der Waals surface area contributed by atoms with Crippen molar-refractivity contribution in [3.05, 3.63) is 29.8 Å². The lowest BCUT2D eigenvalue weighted by Crippen LogP contribution is -2.40. The molecule has 18 heavy (non-hydrogen) atoms.